The van der Waals surface area contributed by atoms with Crippen molar-refractivity contribution in [3.63, 3.8) is 0 Å². The fourth-order valence-corrected chi connectivity index (χ4v) is 5.23. The predicted octanol–water partition coefficient (Wildman–Crippen LogP) is 3.69. The zero-order valence-corrected chi connectivity index (χ0v) is 20.1. The number of hydrogen-bond donors (Lipinski definition) is 3. The average Bonchev–Trinajstić information content (AvgIpc) is 3.17. The van der Waals surface area contributed by atoms with Crippen LogP contribution in [0.4, 0.5) is 4.79 Å². The highest BCUT2D eigenvalue weighted by Gasteiger charge is 2.40. The number of benzene rings is 2. The molecule has 8 heteroatoms. The number of carboxylic acids is 1. The van der Waals surface area contributed by atoms with Gasteiger partial charge in [-0.1, -0.05) is 61.4 Å². The first-order valence-corrected chi connectivity index (χ1v) is 12.0. The highest BCUT2D eigenvalue weighted by atomic mass is 16.5. The standard InChI is InChI=1S/C27H32N2O6/c1-27(16-34-2,25(32)28-23-14-8-7-13-21(23)24(30)31)29-26(33)35-15-22-19-11-5-3-9-17(19)18-10-4-6-12-20(18)22/h3-6,9-12,21-23H,7-8,13-16H2,1-2H3,(H,28,32)(H,29,33)(H,30,31)/t21-,23+,27?/m1/s1. The maximum absolute atomic E-state index is 13.2. The van der Waals surface area contributed by atoms with Gasteiger partial charge in [0.1, 0.15) is 12.1 Å². The van der Waals surface area contributed by atoms with Crippen LogP contribution in [0.5, 0.6) is 0 Å². The van der Waals surface area contributed by atoms with Crippen LogP contribution in [0, 0.1) is 5.92 Å². The number of nitrogens with one attached hydrogen (secondary N) is 2. The smallest absolute Gasteiger partial charge is 0.408 e. The Balaban J connectivity index is 1.42. The van der Waals surface area contributed by atoms with Crippen molar-refractivity contribution in [3.05, 3.63) is 59.7 Å². The number of fused-ring (bicyclic) bond motifs is 3. The van der Waals surface area contributed by atoms with E-state index >= 15 is 0 Å². The second kappa shape index (κ2) is 10.5. The molecule has 1 unspecified atom stereocenters. The van der Waals surface area contributed by atoms with E-state index in [1.165, 1.54) is 7.11 Å². The van der Waals surface area contributed by atoms with E-state index in [2.05, 4.69) is 22.8 Å². The number of aliphatic carboxylic acids is 1. The van der Waals surface area contributed by atoms with E-state index in [1.54, 1.807) is 6.92 Å². The lowest BCUT2D eigenvalue weighted by Gasteiger charge is -2.34. The van der Waals surface area contributed by atoms with Crippen LogP contribution in [0.25, 0.3) is 11.1 Å². The molecule has 0 radical (unpaired) electrons. The van der Waals surface area contributed by atoms with Gasteiger partial charge in [-0.2, -0.15) is 0 Å². The fraction of sp³-hybridized carbons (Fsp3) is 0.444. The molecule has 186 valence electrons. The maximum Gasteiger partial charge on any atom is 0.408 e. The Hall–Kier alpha value is -3.39. The Kier molecular flexibility index (Phi) is 7.40. The summed E-state index contributed by atoms with van der Waals surface area (Å²) in [5.74, 6) is -2.16. The van der Waals surface area contributed by atoms with Crippen molar-refractivity contribution in [1.82, 2.24) is 10.6 Å². The van der Waals surface area contributed by atoms with Crippen molar-refractivity contribution in [3.8, 4) is 11.1 Å². The molecule has 8 nitrogen and oxygen atoms in total. The van der Waals surface area contributed by atoms with Crippen LogP contribution >= 0.6 is 0 Å². The lowest BCUT2D eigenvalue weighted by Crippen LogP contribution is -2.62. The minimum absolute atomic E-state index is 0.0898. The molecule has 2 aromatic carbocycles. The summed E-state index contributed by atoms with van der Waals surface area (Å²) in [6, 6.07) is 15.6. The van der Waals surface area contributed by atoms with Gasteiger partial charge in [-0.15, -0.1) is 0 Å². The summed E-state index contributed by atoms with van der Waals surface area (Å²) in [6.45, 7) is 1.58. The molecule has 0 heterocycles. The van der Waals surface area contributed by atoms with Gasteiger partial charge in [-0.05, 0) is 42.0 Å². The number of carboxylic acid groups (broad SMARTS) is 1. The van der Waals surface area contributed by atoms with Crippen molar-refractivity contribution in [2.75, 3.05) is 20.3 Å². The van der Waals surface area contributed by atoms with Crippen LogP contribution in [0.2, 0.25) is 0 Å². The number of rotatable bonds is 8. The fourth-order valence-electron chi connectivity index (χ4n) is 5.23. The molecule has 1 fully saturated rings. The van der Waals surface area contributed by atoms with Crippen LogP contribution in [0.1, 0.15) is 49.7 Å². The van der Waals surface area contributed by atoms with Crippen LogP contribution in [0.3, 0.4) is 0 Å². The molecule has 2 aliphatic carbocycles. The van der Waals surface area contributed by atoms with Crippen molar-refractivity contribution < 1.29 is 29.0 Å². The SMILES string of the molecule is COCC(C)(NC(=O)OCC1c2ccccc2-c2ccccc21)C(=O)N[C@H]1CCCC[C@H]1C(=O)O. The summed E-state index contributed by atoms with van der Waals surface area (Å²) in [4.78, 5) is 37.6. The number of carbonyl (C=O) groups is 3. The molecule has 4 rings (SSSR count). The van der Waals surface area contributed by atoms with Crippen LogP contribution in [-0.2, 0) is 19.1 Å². The molecular weight excluding hydrogens is 448 g/mol. The second-order valence-electron chi connectivity index (χ2n) is 9.52. The Morgan fingerprint density at radius 3 is 2.20 bits per heavy atom. The van der Waals surface area contributed by atoms with Crippen LogP contribution in [-0.4, -0.2) is 55.0 Å². The lowest BCUT2D eigenvalue weighted by molar-refractivity contribution is -0.144. The van der Waals surface area contributed by atoms with Gasteiger partial charge < -0.3 is 25.2 Å². The topological polar surface area (TPSA) is 114 Å². The monoisotopic (exact) mass is 480 g/mol. The van der Waals surface area contributed by atoms with Crippen molar-refractivity contribution in [1.29, 1.82) is 0 Å². The first kappa shape index (κ1) is 24.7. The molecule has 35 heavy (non-hydrogen) atoms. The highest BCUT2D eigenvalue weighted by Crippen LogP contribution is 2.44. The number of ether oxygens (including phenoxy) is 2. The number of amides is 2. The molecular formula is C27H32N2O6. The third-order valence-electron chi connectivity index (χ3n) is 7.06. The Morgan fingerprint density at radius 1 is 1.00 bits per heavy atom. The minimum atomic E-state index is -1.42. The molecule has 0 bridgehead atoms. The number of alkyl carbamates (subject to hydrolysis) is 1. The quantitative estimate of drug-likeness (QED) is 0.531. The number of carbonyl (C=O) groups excluding carboxylic acids is 2. The van der Waals surface area contributed by atoms with E-state index in [0.29, 0.717) is 12.8 Å². The van der Waals surface area contributed by atoms with Crippen molar-refractivity contribution >= 4 is 18.0 Å². The van der Waals surface area contributed by atoms with Gasteiger partial charge in [0, 0.05) is 19.1 Å². The van der Waals surface area contributed by atoms with Gasteiger partial charge in [-0.25, -0.2) is 4.79 Å². The molecule has 3 N–H and O–H groups in total. The Morgan fingerprint density at radius 2 is 1.60 bits per heavy atom. The van der Waals surface area contributed by atoms with Crippen molar-refractivity contribution in [2.45, 2.75) is 50.1 Å². The zero-order valence-electron chi connectivity index (χ0n) is 20.1. The largest absolute Gasteiger partial charge is 0.481 e. The first-order valence-electron chi connectivity index (χ1n) is 12.0. The van der Waals surface area contributed by atoms with Crippen LogP contribution in [0.15, 0.2) is 48.5 Å². The summed E-state index contributed by atoms with van der Waals surface area (Å²) in [7, 11) is 1.44. The molecule has 3 atom stereocenters. The van der Waals surface area contributed by atoms with Gasteiger partial charge in [0.2, 0.25) is 5.91 Å². The Labute approximate surface area is 205 Å². The highest BCUT2D eigenvalue weighted by molar-refractivity contribution is 5.90. The zero-order chi connectivity index (χ0) is 25.0. The normalized spacial score (nSPS) is 20.7. The molecule has 2 aromatic rings. The molecule has 1 saturated carbocycles. The van der Waals surface area contributed by atoms with Gasteiger partial charge in [0.05, 0.1) is 12.5 Å². The summed E-state index contributed by atoms with van der Waals surface area (Å²) in [5.41, 5.74) is 3.02. The molecule has 0 saturated heterocycles. The average molecular weight is 481 g/mol. The van der Waals surface area contributed by atoms with Gasteiger partial charge in [-0.3, -0.25) is 9.59 Å². The van der Waals surface area contributed by atoms with E-state index in [9.17, 15) is 19.5 Å². The Bertz CT molecular complexity index is 1060. The minimum Gasteiger partial charge on any atom is -0.481 e. The van der Waals surface area contributed by atoms with Gasteiger partial charge in [0.25, 0.3) is 0 Å². The first-order chi connectivity index (χ1) is 16.8. The second-order valence-corrected chi connectivity index (χ2v) is 9.52. The lowest BCUT2D eigenvalue weighted by atomic mass is 9.84. The van der Waals surface area contributed by atoms with E-state index in [4.69, 9.17) is 9.47 Å². The molecule has 0 aliphatic heterocycles. The number of hydrogen-bond acceptors (Lipinski definition) is 5. The van der Waals surface area contributed by atoms with Gasteiger partial charge in [0.15, 0.2) is 0 Å². The third kappa shape index (κ3) is 5.17. The molecule has 0 spiro atoms. The van der Waals surface area contributed by atoms with Crippen LogP contribution < -0.4 is 10.6 Å². The van der Waals surface area contributed by atoms with E-state index in [1.807, 2.05) is 36.4 Å². The summed E-state index contributed by atoms with van der Waals surface area (Å²) < 4.78 is 10.8. The predicted molar refractivity (Wildman–Crippen MR) is 130 cm³/mol. The van der Waals surface area contributed by atoms with E-state index < -0.39 is 35.5 Å². The summed E-state index contributed by atoms with van der Waals surface area (Å²) >= 11 is 0. The molecule has 2 amide bonds. The molecule has 2 aliphatic rings. The summed E-state index contributed by atoms with van der Waals surface area (Å²) in [6.07, 6.45) is 2.02. The van der Waals surface area contributed by atoms with E-state index in [-0.39, 0.29) is 19.1 Å². The maximum atomic E-state index is 13.2. The molecule has 0 aromatic heterocycles. The third-order valence-corrected chi connectivity index (χ3v) is 7.06. The van der Waals surface area contributed by atoms with E-state index in [0.717, 1.165) is 35.1 Å². The van der Waals surface area contributed by atoms with Gasteiger partial charge >= 0.3 is 12.1 Å². The number of methoxy groups -OCH3 is 1. The summed E-state index contributed by atoms with van der Waals surface area (Å²) in [5, 5.41) is 15.0. The van der Waals surface area contributed by atoms with Crippen molar-refractivity contribution in [2.24, 2.45) is 5.92 Å².